The number of amides is 1. The molecule has 6 heteroatoms. The molecule has 3 aliphatic rings. The zero-order valence-corrected chi connectivity index (χ0v) is 13.2. The average Bonchev–Trinajstić information content (AvgIpc) is 3.04. The predicted octanol–water partition coefficient (Wildman–Crippen LogP) is 2.08. The number of carbonyl (C=O) groups is 2. The molecule has 0 aliphatic carbocycles. The number of ether oxygens (including phenoxy) is 1. The molecule has 1 fully saturated rings. The number of hydrogen-bond donors (Lipinski definition) is 2. The minimum Gasteiger partial charge on any atom is -0.426 e. The highest BCUT2D eigenvalue weighted by atomic mass is 32.1. The summed E-state index contributed by atoms with van der Waals surface area (Å²) < 4.78 is 5.44. The molecule has 3 heterocycles. The Hall–Kier alpha value is -2.73. The maximum atomic E-state index is 13.0. The number of fused-ring (bicyclic) bond motifs is 6. The molecule has 118 valence electrons. The molecule has 5 nitrogen and oxygen atoms in total. The van der Waals surface area contributed by atoms with Gasteiger partial charge in [0.25, 0.3) is 5.91 Å². The van der Waals surface area contributed by atoms with E-state index in [1.165, 1.54) is 0 Å². The van der Waals surface area contributed by atoms with Crippen LogP contribution in [0.15, 0.2) is 48.5 Å². The van der Waals surface area contributed by atoms with Gasteiger partial charge in [-0.1, -0.05) is 48.6 Å². The lowest BCUT2D eigenvalue weighted by atomic mass is 9.71. The molecule has 0 aromatic heterocycles. The van der Waals surface area contributed by atoms with E-state index in [9.17, 15) is 9.59 Å². The summed E-state index contributed by atoms with van der Waals surface area (Å²) in [6, 6.07) is 14.8. The van der Waals surface area contributed by atoms with Crippen LogP contribution in [0.25, 0.3) is 0 Å². The molecule has 2 aromatic rings. The van der Waals surface area contributed by atoms with Crippen LogP contribution < -0.4 is 15.4 Å². The molecule has 1 saturated heterocycles. The summed E-state index contributed by atoms with van der Waals surface area (Å²) in [6.45, 7) is 0. The van der Waals surface area contributed by atoms with Crippen molar-refractivity contribution in [2.75, 3.05) is 5.32 Å². The molecule has 1 amide bonds. The summed E-state index contributed by atoms with van der Waals surface area (Å²) in [7, 11) is 0. The number of benzene rings is 2. The number of para-hydroxylation sites is 2. The van der Waals surface area contributed by atoms with Crippen molar-refractivity contribution in [2.45, 2.75) is 11.5 Å². The predicted molar refractivity (Wildman–Crippen MR) is 90.8 cm³/mol. The van der Waals surface area contributed by atoms with Crippen molar-refractivity contribution in [3.05, 3.63) is 59.7 Å². The third-order valence-corrected chi connectivity index (χ3v) is 5.44. The molecule has 0 saturated carbocycles. The Balaban J connectivity index is 1.82. The summed E-state index contributed by atoms with van der Waals surface area (Å²) in [4.78, 5) is 25.9. The molecule has 0 radical (unpaired) electrons. The van der Waals surface area contributed by atoms with Gasteiger partial charge in [-0.25, -0.2) is 0 Å². The second-order valence-electron chi connectivity index (χ2n) is 6.21. The van der Waals surface area contributed by atoms with E-state index in [0.29, 0.717) is 10.7 Å². The topological polar surface area (TPSA) is 67.4 Å². The summed E-state index contributed by atoms with van der Waals surface area (Å²) in [5.41, 5.74) is 1.30. The van der Waals surface area contributed by atoms with Gasteiger partial charge in [0.1, 0.15) is 11.7 Å². The van der Waals surface area contributed by atoms with E-state index < -0.39 is 23.3 Å². The minimum absolute atomic E-state index is 0.192. The van der Waals surface area contributed by atoms with Crippen molar-refractivity contribution in [1.29, 1.82) is 0 Å². The Bertz CT molecular complexity index is 941. The van der Waals surface area contributed by atoms with E-state index in [2.05, 4.69) is 10.6 Å². The highest BCUT2D eigenvalue weighted by molar-refractivity contribution is 7.80. The van der Waals surface area contributed by atoms with E-state index in [1.807, 2.05) is 42.5 Å². The smallest absolute Gasteiger partial charge is 0.322 e. The Morgan fingerprint density at radius 2 is 1.79 bits per heavy atom. The van der Waals surface area contributed by atoms with Gasteiger partial charge in [0.05, 0.1) is 4.99 Å². The van der Waals surface area contributed by atoms with Gasteiger partial charge in [0, 0.05) is 22.7 Å². The molecule has 2 aromatic carbocycles. The first-order valence-electron chi connectivity index (χ1n) is 7.66. The fraction of sp³-hybridized carbons (Fsp3) is 0.167. The average molecular weight is 336 g/mol. The third-order valence-electron chi connectivity index (χ3n) is 5.08. The molecule has 3 unspecified atom stereocenters. The largest absolute Gasteiger partial charge is 0.426 e. The molecule has 3 aliphatic heterocycles. The fourth-order valence-electron chi connectivity index (χ4n) is 4.12. The molecule has 1 spiro atoms. The molecule has 24 heavy (non-hydrogen) atoms. The zero-order valence-electron chi connectivity index (χ0n) is 12.4. The van der Waals surface area contributed by atoms with Crippen LogP contribution in [0.5, 0.6) is 5.75 Å². The van der Waals surface area contributed by atoms with Crippen LogP contribution in [0.3, 0.4) is 0 Å². The monoisotopic (exact) mass is 336 g/mol. The summed E-state index contributed by atoms with van der Waals surface area (Å²) in [6.07, 6.45) is 0. The second kappa shape index (κ2) is 4.42. The fourth-order valence-corrected chi connectivity index (χ4v) is 4.51. The Kier molecular flexibility index (Phi) is 2.52. The zero-order chi connectivity index (χ0) is 16.5. The SMILES string of the molecule is O=C1Oc2ccccc2C2C1C(=S)NC21C(=O)Nc2ccccc21. The number of nitrogens with one attached hydrogen (secondary N) is 2. The number of thiocarbonyl (C=S) groups is 1. The first-order chi connectivity index (χ1) is 11.6. The van der Waals surface area contributed by atoms with Crippen LogP contribution in [-0.4, -0.2) is 16.9 Å². The van der Waals surface area contributed by atoms with E-state index >= 15 is 0 Å². The van der Waals surface area contributed by atoms with Crippen LogP contribution in [0.4, 0.5) is 5.69 Å². The van der Waals surface area contributed by atoms with E-state index in [-0.39, 0.29) is 5.91 Å². The van der Waals surface area contributed by atoms with Gasteiger partial charge < -0.3 is 15.4 Å². The lowest BCUT2D eigenvalue weighted by Crippen LogP contribution is -2.48. The van der Waals surface area contributed by atoms with Gasteiger partial charge >= 0.3 is 5.97 Å². The van der Waals surface area contributed by atoms with Crippen molar-refractivity contribution in [3.63, 3.8) is 0 Å². The van der Waals surface area contributed by atoms with Gasteiger partial charge in [-0.3, -0.25) is 9.59 Å². The van der Waals surface area contributed by atoms with Gasteiger partial charge in [-0.05, 0) is 12.1 Å². The van der Waals surface area contributed by atoms with Crippen molar-refractivity contribution < 1.29 is 14.3 Å². The maximum absolute atomic E-state index is 13.0. The summed E-state index contributed by atoms with van der Waals surface area (Å²) >= 11 is 5.42. The number of rotatable bonds is 0. The van der Waals surface area contributed by atoms with Crippen LogP contribution in [-0.2, 0) is 15.1 Å². The van der Waals surface area contributed by atoms with Gasteiger partial charge in [-0.2, -0.15) is 0 Å². The Labute approximate surface area is 143 Å². The summed E-state index contributed by atoms with van der Waals surface area (Å²) in [5.74, 6) is -1.20. The molecular weight excluding hydrogens is 324 g/mol. The Morgan fingerprint density at radius 1 is 1.04 bits per heavy atom. The summed E-state index contributed by atoms with van der Waals surface area (Å²) in [5, 5.41) is 6.08. The number of hydrogen-bond acceptors (Lipinski definition) is 4. The molecular formula is C18H12N2O3S. The van der Waals surface area contributed by atoms with Crippen LogP contribution in [0.1, 0.15) is 17.0 Å². The molecule has 5 rings (SSSR count). The van der Waals surface area contributed by atoms with E-state index in [4.69, 9.17) is 17.0 Å². The second-order valence-corrected chi connectivity index (χ2v) is 6.65. The van der Waals surface area contributed by atoms with Gasteiger partial charge in [-0.15, -0.1) is 0 Å². The first-order valence-corrected chi connectivity index (χ1v) is 8.07. The molecule has 3 atom stereocenters. The van der Waals surface area contributed by atoms with Gasteiger partial charge in [0.15, 0.2) is 5.54 Å². The van der Waals surface area contributed by atoms with Crippen LogP contribution in [0, 0.1) is 5.92 Å². The quantitative estimate of drug-likeness (QED) is 0.438. The van der Waals surface area contributed by atoms with Crippen molar-refractivity contribution >= 4 is 34.8 Å². The number of esters is 1. The van der Waals surface area contributed by atoms with E-state index in [0.717, 1.165) is 16.8 Å². The lowest BCUT2D eigenvalue weighted by molar-refractivity contribution is -0.139. The maximum Gasteiger partial charge on any atom is 0.322 e. The first kappa shape index (κ1) is 13.7. The van der Waals surface area contributed by atoms with Gasteiger partial charge in [0.2, 0.25) is 0 Å². The molecule has 2 N–H and O–H groups in total. The van der Waals surface area contributed by atoms with Crippen molar-refractivity contribution in [3.8, 4) is 5.75 Å². The normalized spacial score (nSPS) is 29.4. The highest BCUT2D eigenvalue weighted by Gasteiger charge is 2.64. The van der Waals surface area contributed by atoms with E-state index in [1.54, 1.807) is 6.07 Å². The Morgan fingerprint density at radius 3 is 2.67 bits per heavy atom. The number of anilines is 1. The highest BCUT2D eigenvalue weighted by Crippen LogP contribution is 2.56. The van der Waals surface area contributed by atoms with Crippen LogP contribution >= 0.6 is 12.2 Å². The van der Waals surface area contributed by atoms with Crippen molar-refractivity contribution in [2.24, 2.45) is 5.92 Å². The van der Waals surface area contributed by atoms with Crippen LogP contribution in [0.2, 0.25) is 0 Å². The lowest BCUT2D eigenvalue weighted by Gasteiger charge is -2.34. The third kappa shape index (κ3) is 1.46. The minimum atomic E-state index is -1.08. The number of carbonyl (C=O) groups excluding carboxylic acids is 2. The standard InChI is InChI=1S/C18H12N2O3S/c21-16-13-14(9-5-1-4-8-12(9)23-16)18(20-15(13)24)10-6-2-3-7-11(10)19-17(18)22/h1-8,13-14H,(H,19,22)(H,20,24). The molecule has 0 bridgehead atoms. The van der Waals surface area contributed by atoms with Crippen molar-refractivity contribution in [1.82, 2.24) is 5.32 Å².